The lowest BCUT2D eigenvalue weighted by atomic mass is 10.3. The summed E-state index contributed by atoms with van der Waals surface area (Å²) in [6, 6.07) is 0. The first kappa shape index (κ1) is 10.9. The number of hydrogen-bond donors (Lipinski definition) is 1. The van der Waals surface area contributed by atoms with Gasteiger partial charge in [-0.3, -0.25) is 4.79 Å². The maximum Gasteiger partial charge on any atom is 0.325 e. The summed E-state index contributed by atoms with van der Waals surface area (Å²) in [5.74, 6) is -0.988. The van der Waals surface area contributed by atoms with Crippen LogP contribution in [0.5, 0.6) is 0 Å². The third-order valence-electron chi connectivity index (χ3n) is 1.57. The zero-order valence-electron chi connectivity index (χ0n) is 7.55. The maximum atomic E-state index is 10.4. The molecule has 0 saturated heterocycles. The third kappa shape index (κ3) is 2.68. The van der Waals surface area contributed by atoms with Gasteiger partial charge < -0.3 is 9.84 Å². The Morgan fingerprint density at radius 3 is 3.14 bits per heavy atom. The minimum atomic E-state index is -0.988. The van der Waals surface area contributed by atoms with Gasteiger partial charge in [-0.1, -0.05) is 5.21 Å². The van der Waals surface area contributed by atoms with E-state index in [-0.39, 0.29) is 13.2 Å². The van der Waals surface area contributed by atoms with Crippen molar-refractivity contribution in [2.45, 2.75) is 11.9 Å². The third-order valence-corrected chi connectivity index (χ3v) is 1.92. The monoisotopic (exact) mass is 219 g/mol. The van der Waals surface area contributed by atoms with E-state index in [1.54, 1.807) is 0 Å². The lowest BCUT2D eigenvalue weighted by Gasteiger charge is -2.08. The maximum absolute atomic E-state index is 10.4. The number of aliphatic carboxylic acids is 1. The van der Waals surface area contributed by atoms with Crippen LogP contribution in [-0.4, -0.2) is 39.8 Å². The van der Waals surface area contributed by atoms with Gasteiger partial charge in [0, 0.05) is 7.11 Å². The summed E-state index contributed by atoms with van der Waals surface area (Å²) in [5, 5.41) is 15.3. The zero-order valence-corrected chi connectivity index (χ0v) is 8.31. The van der Waals surface area contributed by atoms with Gasteiger partial charge in [0.2, 0.25) is 0 Å². The molecule has 1 rings (SSSR count). The summed E-state index contributed by atoms with van der Waals surface area (Å²) < 4.78 is 6.07. The molecule has 14 heavy (non-hydrogen) atoms. The molecule has 0 aromatic carbocycles. The van der Waals surface area contributed by atoms with Crippen LogP contribution in [0, 0.1) is 0 Å². The highest BCUT2D eigenvalue weighted by molar-refractivity contribution is 6.20. The Balaban J connectivity index is 2.75. The number of carbonyl (C=O) groups is 1. The molecule has 7 heteroatoms. The van der Waals surface area contributed by atoms with Gasteiger partial charge in [0.1, 0.15) is 11.9 Å². The van der Waals surface area contributed by atoms with Gasteiger partial charge >= 0.3 is 5.97 Å². The molecule has 0 aliphatic heterocycles. The second kappa shape index (κ2) is 4.92. The topological polar surface area (TPSA) is 77.2 Å². The molecule has 0 aliphatic rings. The van der Waals surface area contributed by atoms with E-state index in [4.69, 9.17) is 21.4 Å². The van der Waals surface area contributed by atoms with Gasteiger partial charge in [-0.25, -0.2) is 4.68 Å². The van der Waals surface area contributed by atoms with Gasteiger partial charge in [-0.05, 0) is 0 Å². The number of carboxylic acids is 1. The highest BCUT2D eigenvalue weighted by atomic mass is 35.5. The van der Waals surface area contributed by atoms with Crippen LogP contribution in [0.1, 0.15) is 11.1 Å². The van der Waals surface area contributed by atoms with Gasteiger partial charge in [-0.2, -0.15) is 0 Å². The quantitative estimate of drug-likeness (QED) is 0.721. The van der Waals surface area contributed by atoms with Crippen molar-refractivity contribution in [2.24, 2.45) is 0 Å². The first-order valence-electron chi connectivity index (χ1n) is 3.88. The molecule has 0 spiro atoms. The van der Waals surface area contributed by atoms with Crippen LogP contribution in [-0.2, 0) is 16.1 Å². The average molecular weight is 220 g/mol. The van der Waals surface area contributed by atoms with E-state index in [0.717, 1.165) is 0 Å². The number of ether oxygens (including phenoxy) is 1. The second-order valence-corrected chi connectivity index (χ2v) is 3.16. The van der Waals surface area contributed by atoms with Crippen LogP contribution >= 0.6 is 11.6 Å². The summed E-state index contributed by atoms with van der Waals surface area (Å²) in [7, 11) is 1.51. The fourth-order valence-corrected chi connectivity index (χ4v) is 1.29. The predicted molar refractivity (Wildman–Crippen MR) is 48.1 cm³/mol. The SMILES string of the molecule is COCC(Cl)c1cnnn1CC(=O)O. The van der Waals surface area contributed by atoms with Crippen LogP contribution < -0.4 is 0 Å². The van der Waals surface area contributed by atoms with Crippen molar-refractivity contribution in [3.63, 3.8) is 0 Å². The summed E-state index contributed by atoms with van der Waals surface area (Å²) in [5.41, 5.74) is 0.538. The van der Waals surface area contributed by atoms with E-state index in [0.29, 0.717) is 5.69 Å². The minimum absolute atomic E-state index is 0.248. The molecule has 6 nitrogen and oxygen atoms in total. The van der Waals surface area contributed by atoms with Gasteiger partial charge in [-0.15, -0.1) is 16.7 Å². The highest BCUT2D eigenvalue weighted by Gasteiger charge is 2.15. The fraction of sp³-hybridized carbons (Fsp3) is 0.571. The molecule has 0 amide bonds. The fourth-order valence-electron chi connectivity index (χ4n) is 0.991. The Kier molecular flexibility index (Phi) is 3.84. The molecule has 1 unspecified atom stereocenters. The Morgan fingerprint density at radius 1 is 1.86 bits per heavy atom. The van der Waals surface area contributed by atoms with E-state index in [9.17, 15) is 4.79 Å². The van der Waals surface area contributed by atoms with E-state index in [1.165, 1.54) is 18.0 Å². The van der Waals surface area contributed by atoms with E-state index < -0.39 is 11.3 Å². The smallest absolute Gasteiger partial charge is 0.325 e. The molecule has 1 aromatic rings. The van der Waals surface area contributed by atoms with E-state index in [2.05, 4.69) is 10.3 Å². The minimum Gasteiger partial charge on any atom is -0.480 e. The molecular weight excluding hydrogens is 210 g/mol. The van der Waals surface area contributed by atoms with Crippen LogP contribution in [0.4, 0.5) is 0 Å². The molecule has 1 atom stereocenters. The largest absolute Gasteiger partial charge is 0.480 e. The number of rotatable bonds is 5. The standard InChI is InChI=1S/C7H10ClN3O3/c1-14-4-5(8)6-2-9-10-11(6)3-7(12)13/h2,5H,3-4H2,1H3,(H,12,13). The Bertz CT molecular complexity index is 315. The van der Waals surface area contributed by atoms with Crippen molar-refractivity contribution in [1.29, 1.82) is 0 Å². The number of carboxylic acid groups (broad SMARTS) is 1. The summed E-state index contributed by atoms with van der Waals surface area (Å²) >= 11 is 5.92. The van der Waals surface area contributed by atoms with E-state index in [1.807, 2.05) is 0 Å². The number of methoxy groups -OCH3 is 1. The van der Waals surface area contributed by atoms with Gasteiger partial charge in [0.05, 0.1) is 18.5 Å². The summed E-state index contributed by atoms with van der Waals surface area (Å²) in [6.45, 7) is 0.0385. The second-order valence-electron chi connectivity index (χ2n) is 2.63. The molecule has 0 bridgehead atoms. The van der Waals surface area contributed by atoms with Crippen LogP contribution in [0.2, 0.25) is 0 Å². The lowest BCUT2D eigenvalue weighted by molar-refractivity contribution is -0.138. The highest BCUT2D eigenvalue weighted by Crippen LogP contribution is 2.18. The number of aromatic nitrogens is 3. The van der Waals surface area contributed by atoms with Crippen molar-refractivity contribution in [1.82, 2.24) is 15.0 Å². The van der Waals surface area contributed by atoms with Crippen molar-refractivity contribution < 1.29 is 14.6 Å². The van der Waals surface area contributed by atoms with Crippen molar-refractivity contribution in [3.8, 4) is 0 Å². The van der Waals surface area contributed by atoms with Crippen molar-refractivity contribution in [2.75, 3.05) is 13.7 Å². The first-order chi connectivity index (χ1) is 6.65. The number of halogens is 1. The average Bonchev–Trinajstić information content (AvgIpc) is 2.51. The van der Waals surface area contributed by atoms with Crippen LogP contribution in [0.25, 0.3) is 0 Å². The van der Waals surface area contributed by atoms with Crippen LogP contribution in [0.3, 0.4) is 0 Å². The molecule has 1 N–H and O–H groups in total. The number of nitrogens with zero attached hydrogens (tertiary/aromatic N) is 3. The Hall–Kier alpha value is -1.14. The molecule has 0 radical (unpaired) electrons. The van der Waals surface area contributed by atoms with Crippen molar-refractivity contribution >= 4 is 17.6 Å². The number of hydrogen-bond acceptors (Lipinski definition) is 4. The van der Waals surface area contributed by atoms with Crippen molar-refractivity contribution in [3.05, 3.63) is 11.9 Å². The lowest BCUT2D eigenvalue weighted by Crippen LogP contribution is -2.15. The molecule has 1 aromatic heterocycles. The summed E-state index contributed by atoms with van der Waals surface area (Å²) in [6.07, 6.45) is 1.43. The summed E-state index contributed by atoms with van der Waals surface area (Å²) in [4.78, 5) is 10.4. The Labute approximate surface area is 85.4 Å². The van der Waals surface area contributed by atoms with E-state index >= 15 is 0 Å². The molecule has 0 fully saturated rings. The van der Waals surface area contributed by atoms with Crippen LogP contribution in [0.15, 0.2) is 6.20 Å². The first-order valence-corrected chi connectivity index (χ1v) is 4.32. The molecule has 78 valence electrons. The molecule has 0 aliphatic carbocycles. The number of alkyl halides is 1. The molecule has 1 heterocycles. The zero-order chi connectivity index (χ0) is 10.6. The molecular formula is C7H10ClN3O3. The molecule has 0 saturated carbocycles. The van der Waals surface area contributed by atoms with Gasteiger partial charge in [0.25, 0.3) is 0 Å². The normalized spacial score (nSPS) is 12.7. The predicted octanol–water partition coefficient (Wildman–Crippen LogP) is 0.289. The Morgan fingerprint density at radius 2 is 2.57 bits per heavy atom. The van der Waals surface area contributed by atoms with Gasteiger partial charge in [0.15, 0.2) is 0 Å².